The van der Waals surface area contributed by atoms with Gasteiger partial charge in [-0.3, -0.25) is 0 Å². The number of allylic oxidation sites excluding steroid dienone is 3. The number of esters is 1. The van der Waals surface area contributed by atoms with Gasteiger partial charge in [0.2, 0.25) is 0 Å². The topological polar surface area (TPSA) is 26.3 Å². The second-order valence-corrected chi connectivity index (χ2v) is 2.07. The van der Waals surface area contributed by atoms with Crippen molar-refractivity contribution in [3.8, 4) is 0 Å². The molecule has 0 radical (unpaired) electrons. The van der Waals surface area contributed by atoms with Crippen molar-refractivity contribution in [3.05, 3.63) is 24.3 Å². The number of rotatable bonds is 4. The van der Waals surface area contributed by atoms with Gasteiger partial charge in [-0.2, -0.15) is 0 Å². The Hall–Kier alpha value is -1.05. The highest BCUT2D eigenvalue weighted by atomic mass is 16.5. The maximum absolute atomic E-state index is 10.5. The van der Waals surface area contributed by atoms with Gasteiger partial charge in [0.05, 0.1) is 7.11 Å². The van der Waals surface area contributed by atoms with Crippen molar-refractivity contribution in [1.29, 1.82) is 0 Å². The lowest BCUT2D eigenvalue weighted by atomic mass is 10.3. The van der Waals surface area contributed by atoms with E-state index < -0.39 is 0 Å². The Kier molecular flexibility index (Phi) is 6.39. The second-order valence-electron chi connectivity index (χ2n) is 2.07. The molecule has 0 aromatic rings. The molecule has 0 N–H and O–H groups in total. The van der Waals surface area contributed by atoms with Crippen LogP contribution in [-0.2, 0) is 9.53 Å². The monoisotopic (exact) mass is 154 g/mol. The number of unbranched alkanes of at least 4 members (excludes halogenated alkanes) is 1. The van der Waals surface area contributed by atoms with Crippen molar-refractivity contribution in [2.24, 2.45) is 0 Å². The summed E-state index contributed by atoms with van der Waals surface area (Å²) in [4.78, 5) is 10.5. The van der Waals surface area contributed by atoms with Crippen LogP contribution in [0.2, 0.25) is 0 Å². The highest BCUT2D eigenvalue weighted by Gasteiger charge is 1.87. The van der Waals surface area contributed by atoms with E-state index in [2.05, 4.69) is 10.8 Å². The lowest BCUT2D eigenvalue weighted by Crippen LogP contribution is -1.93. The highest BCUT2D eigenvalue weighted by molar-refractivity contribution is 5.81. The first-order chi connectivity index (χ1) is 5.31. The molecule has 0 saturated heterocycles. The predicted molar refractivity (Wildman–Crippen MR) is 45.2 cm³/mol. The summed E-state index contributed by atoms with van der Waals surface area (Å²) in [5.41, 5.74) is 0. The van der Waals surface area contributed by atoms with Gasteiger partial charge in [-0.1, -0.05) is 18.2 Å². The number of ether oxygens (including phenoxy) is 1. The molecule has 0 rings (SSSR count). The van der Waals surface area contributed by atoms with E-state index in [9.17, 15) is 4.79 Å². The van der Waals surface area contributed by atoms with Gasteiger partial charge in [-0.05, 0) is 19.8 Å². The Morgan fingerprint density at radius 1 is 1.36 bits per heavy atom. The van der Waals surface area contributed by atoms with E-state index in [1.807, 2.05) is 19.1 Å². The third kappa shape index (κ3) is 6.84. The molecule has 2 nitrogen and oxygen atoms in total. The molecule has 2 heteroatoms. The Balaban J connectivity index is 3.37. The average Bonchev–Trinajstić information content (AvgIpc) is 2.04. The Morgan fingerprint density at radius 3 is 2.55 bits per heavy atom. The number of hydrogen-bond acceptors (Lipinski definition) is 2. The van der Waals surface area contributed by atoms with Crippen molar-refractivity contribution >= 4 is 5.97 Å². The summed E-state index contributed by atoms with van der Waals surface area (Å²) < 4.78 is 4.41. The van der Waals surface area contributed by atoms with Gasteiger partial charge in [0.25, 0.3) is 0 Å². The normalized spacial score (nSPS) is 11.1. The molecule has 0 aliphatic carbocycles. The molecule has 0 aromatic heterocycles. The summed E-state index contributed by atoms with van der Waals surface area (Å²) in [5.74, 6) is -0.287. The van der Waals surface area contributed by atoms with Gasteiger partial charge in [0.15, 0.2) is 0 Å². The molecule has 0 fully saturated rings. The van der Waals surface area contributed by atoms with Crippen molar-refractivity contribution in [3.63, 3.8) is 0 Å². The van der Waals surface area contributed by atoms with Crippen molar-refractivity contribution < 1.29 is 9.53 Å². The van der Waals surface area contributed by atoms with E-state index in [0.717, 1.165) is 12.8 Å². The van der Waals surface area contributed by atoms with Gasteiger partial charge < -0.3 is 4.74 Å². The van der Waals surface area contributed by atoms with Crippen molar-refractivity contribution in [2.45, 2.75) is 19.8 Å². The quantitative estimate of drug-likeness (QED) is 0.268. The fourth-order valence-corrected chi connectivity index (χ4v) is 0.607. The van der Waals surface area contributed by atoms with E-state index in [0.29, 0.717) is 0 Å². The zero-order chi connectivity index (χ0) is 8.53. The van der Waals surface area contributed by atoms with E-state index in [4.69, 9.17) is 0 Å². The number of carbonyl (C=O) groups is 1. The molecular formula is C9H14O2. The minimum absolute atomic E-state index is 0.287. The minimum atomic E-state index is -0.287. The Labute approximate surface area is 67.6 Å². The lowest BCUT2D eigenvalue weighted by molar-refractivity contribution is -0.134. The van der Waals surface area contributed by atoms with Crippen molar-refractivity contribution in [2.75, 3.05) is 7.11 Å². The summed E-state index contributed by atoms with van der Waals surface area (Å²) in [7, 11) is 1.37. The lowest BCUT2D eigenvalue weighted by Gasteiger charge is -1.88. The second kappa shape index (κ2) is 7.06. The highest BCUT2D eigenvalue weighted by Crippen LogP contribution is 1.92. The Morgan fingerprint density at radius 2 is 2.00 bits per heavy atom. The van der Waals surface area contributed by atoms with Gasteiger partial charge in [0.1, 0.15) is 0 Å². The summed E-state index contributed by atoms with van der Waals surface area (Å²) in [6.07, 6.45) is 9.17. The van der Waals surface area contributed by atoms with Gasteiger partial charge >= 0.3 is 5.97 Å². The number of methoxy groups -OCH3 is 1. The molecular weight excluding hydrogens is 140 g/mol. The summed E-state index contributed by atoms with van der Waals surface area (Å²) >= 11 is 0. The number of carbonyl (C=O) groups excluding carboxylic acids is 1. The molecule has 62 valence electrons. The summed E-state index contributed by atoms with van der Waals surface area (Å²) in [6.45, 7) is 1.98. The summed E-state index contributed by atoms with van der Waals surface area (Å²) in [5, 5.41) is 0. The fraction of sp³-hybridized carbons (Fsp3) is 0.444. The molecule has 0 atom stereocenters. The van der Waals surface area contributed by atoms with Crippen LogP contribution in [-0.4, -0.2) is 13.1 Å². The largest absolute Gasteiger partial charge is 0.466 e. The first-order valence-corrected chi connectivity index (χ1v) is 3.67. The third-order valence-corrected chi connectivity index (χ3v) is 1.19. The molecule has 0 aromatic carbocycles. The van der Waals surface area contributed by atoms with Crippen LogP contribution in [0.15, 0.2) is 24.3 Å². The zero-order valence-electron chi connectivity index (χ0n) is 7.04. The number of hydrogen-bond donors (Lipinski definition) is 0. The van der Waals surface area contributed by atoms with Crippen LogP contribution in [0.1, 0.15) is 19.8 Å². The fourth-order valence-electron chi connectivity index (χ4n) is 0.607. The molecule has 0 aliphatic heterocycles. The van der Waals surface area contributed by atoms with Crippen LogP contribution in [0.5, 0.6) is 0 Å². The molecule has 0 amide bonds. The maximum Gasteiger partial charge on any atom is 0.330 e. The molecule has 0 bridgehead atoms. The standard InChI is InChI=1S/C9H14O2/c1-3-4-5-6-7-8-9(10)11-2/h3-4,7-8H,5-6H2,1-2H3/b4-3-,8-7+. The molecule has 0 aliphatic rings. The van der Waals surface area contributed by atoms with Crippen LogP contribution in [0.4, 0.5) is 0 Å². The van der Waals surface area contributed by atoms with Crippen LogP contribution >= 0.6 is 0 Å². The SMILES string of the molecule is C/C=C\CC/C=C/C(=O)OC. The van der Waals surface area contributed by atoms with E-state index in [1.54, 1.807) is 0 Å². The van der Waals surface area contributed by atoms with Crippen LogP contribution in [0.25, 0.3) is 0 Å². The third-order valence-electron chi connectivity index (χ3n) is 1.19. The molecule has 0 saturated carbocycles. The summed E-state index contributed by atoms with van der Waals surface area (Å²) in [6, 6.07) is 0. The van der Waals surface area contributed by atoms with Crippen molar-refractivity contribution in [1.82, 2.24) is 0 Å². The smallest absolute Gasteiger partial charge is 0.330 e. The molecule has 0 spiro atoms. The molecule has 0 unspecified atom stereocenters. The van der Waals surface area contributed by atoms with Gasteiger partial charge in [-0.15, -0.1) is 0 Å². The van der Waals surface area contributed by atoms with E-state index in [-0.39, 0.29) is 5.97 Å². The maximum atomic E-state index is 10.5. The van der Waals surface area contributed by atoms with Crippen LogP contribution < -0.4 is 0 Å². The minimum Gasteiger partial charge on any atom is -0.466 e. The predicted octanol–water partition coefficient (Wildman–Crippen LogP) is 2.07. The zero-order valence-corrected chi connectivity index (χ0v) is 7.04. The molecule has 11 heavy (non-hydrogen) atoms. The average molecular weight is 154 g/mol. The van der Waals surface area contributed by atoms with Crippen LogP contribution in [0.3, 0.4) is 0 Å². The first kappa shape index (κ1) is 9.95. The van der Waals surface area contributed by atoms with E-state index >= 15 is 0 Å². The first-order valence-electron chi connectivity index (χ1n) is 3.67. The Bertz CT molecular complexity index is 157. The van der Waals surface area contributed by atoms with Gasteiger partial charge in [-0.25, -0.2) is 4.79 Å². The van der Waals surface area contributed by atoms with Gasteiger partial charge in [0, 0.05) is 6.08 Å². The van der Waals surface area contributed by atoms with E-state index in [1.165, 1.54) is 13.2 Å². The molecule has 0 heterocycles. The van der Waals surface area contributed by atoms with Crippen LogP contribution in [0, 0.1) is 0 Å².